The Kier molecular flexibility index (Phi) is 7.20. The van der Waals surface area contributed by atoms with E-state index in [0.29, 0.717) is 16.3 Å². The van der Waals surface area contributed by atoms with Gasteiger partial charge in [0.25, 0.3) is 10.0 Å². The molecule has 0 saturated carbocycles. The molecule has 3 aromatic carbocycles. The van der Waals surface area contributed by atoms with E-state index in [4.69, 9.17) is 11.3 Å². The molecule has 0 fully saturated rings. The fourth-order valence-electron chi connectivity index (χ4n) is 3.70. The van der Waals surface area contributed by atoms with E-state index in [1.54, 1.807) is 6.92 Å². The highest BCUT2D eigenvalue weighted by Crippen LogP contribution is 2.41. The average Bonchev–Trinajstić information content (AvgIpc) is 3.28. The Morgan fingerprint density at radius 2 is 1.65 bits per heavy atom. The van der Waals surface area contributed by atoms with Crippen LogP contribution in [0.2, 0.25) is 0 Å². The van der Waals surface area contributed by atoms with Gasteiger partial charge in [0.15, 0.2) is 11.6 Å². The lowest BCUT2D eigenvalue weighted by Gasteiger charge is -2.16. The number of nitrogens with zero attached hydrogens (tertiary/aromatic N) is 3. The lowest BCUT2D eigenvalue weighted by Crippen LogP contribution is -2.22. The zero-order valence-corrected chi connectivity index (χ0v) is 22.0. The van der Waals surface area contributed by atoms with Crippen molar-refractivity contribution >= 4 is 42.2 Å². The van der Waals surface area contributed by atoms with Crippen LogP contribution >= 0.6 is 0 Å². The molecule has 8 nitrogen and oxygen atoms in total. The molecule has 15 heteroatoms. The molecule has 208 valence electrons. The van der Waals surface area contributed by atoms with Gasteiger partial charge in [-0.25, -0.2) is 30.2 Å². The molecule has 0 radical (unpaired) electrons. The largest absolute Gasteiger partial charge is 0.474 e. The molecular weight excluding hydrogens is 581 g/mol. The number of carbonyl (C=O) groups is 1. The number of alkyl halides is 3. The summed E-state index contributed by atoms with van der Waals surface area (Å²) in [7, 11) is -8.86. The number of amides is 1. The molecule has 1 atom stereocenters. The lowest BCUT2D eigenvalue weighted by molar-refractivity contribution is -0.169. The van der Waals surface area contributed by atoms with Crippen molar-refractivity contribution in [2.75, 3.05) is 6.26 Å². The van der Waals surface area contributed by atoms with E-state index >= 15 is 4.39 Å². The molecular formula is C25H16F5N3O5S2. The Labute approximate surface area is 224 Å². The number of fused-ring (bicyclic) bond motifs is 1. The fourth-order valence-corrected chi connectivity index (χ4v) is 6.61. The fraction of sp³-hybridized carbons (Fsp3) is 0.120. The summed E-state index contributed by atoms with van der Waals surface area (Å²) < 4.78 is 117. The van der Waals surface area contributed by atoms with Crippen LogP contribution in [-0.2, 0) is 24.5 Å². The molecule has 1 amide bonds. The standard InChI is InChI=1S/C25H16F5N3O5S2/c1-14-4-7-16(8-5-14)40(36,37)33-11-10-17-21(33)13-19(27)22(38-15-6-9-18(26)20(12-15)31-2)23(17)39(3,35)32-24(34)25(28,29)30/h4-13H,1,3H3. The van der Waals surface area contributed by atoms with Crippen LogP contribution in [0.5, 0.6) is 11.5 Å². The number of carbonyl (C=O) groups excluding carboxylic acids is 1. The summed E-state index contributed by atoms with van der Waals surface area (Å²) in [4.78, 5) is 13.5. The van der Waals surface area contributed by atoms with Gasteiger partial charge in [-0.3, -0.25) is 4.79 Å². The predicted molar refractivity (Wildman–Crippen MR) is 134 cm³/mol. The first-order valence-corrected chi connectivity index (χ1v) is 14.3. The summed E-state index contributed by atoms with van der Waals surface area (Å²) in [6.45, 7) is 8.74. The van der Waals surface area contributed by atoms with Crippen LogP contribution in [0.25, 0.3) is 15.7 Å². The van der Waals surface area contributed by atoms with Crippen LogP contribution in [0.3, 0.4) is 0 Å². The Balaban J connectivity index is 2.04. The molecule has 0 bridgehead atoms. The van der Waals surface area contributed by atoms with Crippen molar-refractivity contribution in [2.24, 2.45) is 4.36 Å². The summed E-state index contributed by atoms with van der Waals surface area (Å²) in [5, 5.41) is -0.356. The maximum atomic E-state index is 15.6. The normalized spacial score (nSPS) is 13.4. The van der Waals surface area contributed by atoms with E-state index in [1.165, 1.54) is 24.3 Å². The van der Waals surface area contributed by atoms with Gasteiger partial charge in [-0.2, -0.15) is 13.2 Å². The van der Waals surface area contributed by atoms with E-state index in [2.05, 4.69) is 9.21 Å². The highest BCUT2D eigenvalue weighted by Gasteiger charge is 2.40. The van der Waals surface area contributed by atoms with Gasteiger partial charge in [0, 0.05) is 23.9 Å². The highest BCUT2D eigenvalue weighted by molar-refractivity contribution is 7.93. The Bertz CT molecular complexity index is 1950. The molecule has 4 aromatic rings. The monoisotopic (exact) mass is 597 g/mol. The number of halogens is 5. The number of aryl methyl sites for hydroxylation is 1. The summed E-state index contributed by atoms with van der Waals surface area (Å²) in [5.74, 6) is -6.39. The van der Waals surface area contributed by atoms with Crippen LogP contribution in [0, 0.1) is 25.1 Å². The zero-order chi connectivity index (χ0) is 29.6. The van der Waals surface area contributed by atoms with Gasteiger partial charge in [-0.05, 0) is 43.3 Å². The van der Waals surface area contributed by atoms with Crippen LogP contribution in [0.15, 0.2) is 74.9 Å². The van der Waals surface area contributed by atoms with E-state index in [9.17, 15) is 35.0 Å². The number of hydrogen-bond acceptors (Lipinski definition) is 5. The third kappa shape index (κ3) is 5.27. The van der Waals surface area contributed by atoms with Crippen molar-refractivity contribution < 1.29 is 44.1 Å². The number of aromatic nitrogens is 1. The van der Waals surface area contributed by atoms with Gasteiger partial charge in [0.05, 0.1) is 26.7 Å². The first-order chi connectivity index (χ1) is 18.6. The van der Waals surface area contributed by atoms with Gasteiger partial charge in [-0.15, -0.1) is 4.36 Å². The van der Waals surface area contributed by atoms with Crippen LogP contribution in [-0.4, -0.2) is 34.9 Å². The van der Waals surface area contributed by atoms with Gasteiger partial charge in [-0.1, -0.05) is 17.7 Å². The zero-order valence-electron chi connectivity index (χ0n) is 20.4. The quantitative estimate of drug-likeness (QED) is 0.197. The van der Waals surface area contributed by atoms with Crippen molar-refractivity contribution in [2.45, 2.75) is 22.9 Å². The van der Waals surface area contributed by atoms with Crippen molar-refractivity contribution in [3.63, 3.8) is 0 Å². The molecule has 1 heterocycles. The molecule has 0 spiro atoms. The Morgan fingerprint density at radius 3 is 2.25 bits per heavy atom. The van der Waals surface area contributed by atoms with E-state index < -0.39 is 65.3 Å². The second-order valence-corrected chi connectivity index (χ2v) is 12.4. The summed E-state index contributed by atoms with van der Waals surface area (Å²) in [6, 6.07) is 9.95. The second-order valence-electron chi connectivity index (χ2n) is 8.40. The molecule has 0 aliphatic carbocycles. The molecule has 1 aromatic heterocycles. The average molecular weight is 598 g/mol. The summed E-state index contributed by atoms with van der Waals surface area (Å²) in [5.41, 5.74) is -0.231. The first kappa shape index (κ1) is 28.7. The van der Waals surface area contributed by atoms with Crippen molar-refractivity contribution in [1.29, 1.82) is 0 Å². The number of rotatable bonds is 5. The number of ether oxygens (including phenoxy) is 1. The minimum absolute atomic E-state index is 0.204. The maximum Gasteiger partial charge on any atom is 0.474 e. The van der Waals surface area contributed by atoms with Crippen LogP contribution in [0.4, 0.5) is 27.6 Å². The molecule has 1 unspecified atom stereocenters. The van der Waals surface area contributed by atoms with E-state index in [0.717, 1.165) is 36.0 Å². The van der Waals surface area contributed by atoms with Gasteiger partial charge < -0.3 is 4.74 Å². The van der Waals surface area contributed by atoms with Crippen molar-refractivity contribution in [3.05, 3.63) is 89.4 Å². The third-order valence-electron chi connectivity index (χ3n) is 5.54. The van der Waals surface area contributed by atoms with Gasteiger partial charge >= 0.3 is 12.1 Å². The van der Waals surface area contributed by atoms with Gasteiger partial charge in [0.2, 0.25) is 5.69 Å². The Hall–Kier alpha value is -4.29. The van der Waals surface area contributed by atoms with E-state index in [-0.39, 0.29) is 16.0 Å². The maximum absolute atomic E-state index is 15.6. The smallest absolute Gasteiger partial charge is 0.454 e. The first-order valence-electron chi connectivity index (χ1n) is 10.9. The molecule has 0 N–H and O–H groups in total. The predicted octanol–water partition coefficient (Wildman–Crippen LogP) is 6.35. The summed E-state index contributed by atoms with van der Waals surface area (Å²) >= 11 is 0. The molecule has 0 saturated heterocycles. The molecule has 0 aliphatic heterocycles. The van der Waals surface area contributed by atoms with Gasteiger partial charge in [0.1, 0.15) is 16.5 Å². The van der Waals surface area contributed by atoms with E-state index in [1.807, 2.05) is 0 Å². The Morgan fingerprint density at radius 1 is 1.00 bits per heavy atom. The molecule has 40 heavy (non-hydrogen) atoms. The summed E-state index contributed by atoms with van der Waals surface area (Å²) in [6.07, 6.45) is -3.93. The minimum atomic E-state index is -5.52. The topological polar surface area (TPSA) is 99.2 Å². The highest BCUT2D eigenvalue weighted by atomic mass is 32.2. The minimum Gasteiger partial charge on any atom is -0.454 e. The lowest BCUT2D eigenvalue weighted by atomic mass is 10.2. The van der Waals surface area contributed by atoms with Crippen LogP contribution < -0.4 is 4.74 Å². The van der Waals surface area contributed by atoms with Crippen molar-refractivity contribution in [3.8, 4) is 11.5 Å². The van der Waals surface area contributed by atoms with Crippen molar-refractivity contribution in [1.82, 2.24) is 3.97 Å². The second kappa shape index (κ2) is 10.0. The number of hydrogen-bond donors (Lipinski definition) is 0. The SMILES string of the molecule is [C-]#[N+]c1cc(Oc2c(F)cc3c(ccn3S(=O)(=O)c3ccc(C)cc3)c2S(C)(=O)=NC(=O)C(F)(F)F)ccc1F. The molecule has 0 aliphatic rings. The number of benzene rings is 3. The molecule has 4 rings (SSSR count). The van der Waals surface area contributed by atoms with Crippen LogP contribution in [0.1, 0.15) is 5.56 Å². The third-order valence-corrected chi connectivity index (χ3v) is 8.92.